The lowest BCUT2D eigenvalue weighted by atomic mass is 10.0. The highest BCUT2D eigenvalue weighted by Crippen LogP contribution is 2.35. The topological polar surface area (TPSA) is 30.9 Å². The van der Waals surface area contributed by atoms with Crippen LogP contribution in [0.5, 0.6) is 0 Å². The van der Waals surface area contributed by atoms with Crippen molar-refractivity contribution >= 4 is 22.8 Å². The van der Waals surface area contributed by atoms with E-state index in [4.69, 9.17) is 4.99 Å². The molecule has 0 aromatic heterocycles. The lowest BCUT2D eigenvalue weighted by Crippen LogP contribution is -2.44. The summed E-state index contributed by atoms with van der Waals surface area (Å²) in [7, 11) is 2.21. The molecule has 26 heavy (non-hydrogen) atoms. The molecule has 1 saturated heterocycles. The van der Waals surface area contributed by atoms with Gasteiger partial charge in [-0.1, -0.05) is 24.3 Å². The Kier molecular flexibility index (Phi) is 5.05. The predicted molar refractivity (Wildman–Crippen MR) is 110 cm³/mol. The Bertz CT molecular complexity index is 804. The van der Waals surface area contributed by atoms with Gasteiger partial charge in [0.2, 0.25) is 0 Å². The Morgan fingerprint density at radius 3 is 2.65 bits per heavy atom. The second-order valence-corrected chi connectivity index (χ2v) is 7.50. The van der Waals surface area contributed by atoms with Gasteiger partial charge < -0.3 is 15.1 Å². The Morgan fingerprint density at radius 2 is 1.81 bits per heavy atom. The van der Waals surface area contributed by atoms with Crippen molar-refractivity contribution in [2.24, 2.45) is 4.99 Å². The van der Waals surface area contributed by atoms with Gasteiger partial charge >= 0.3 is 0 Å². The van der Waals surface area contributed by atoms with Gasteiger partial charge in [-0.05, 0) is 57.1 Å². The number of rotatable bonds is 4. The van der Waals surface area contributed by atoms with Gasteiger partial charge in [-0.25, -0.2) is 0 Å². The lowest BCUT2D eigenvalue weighted by Gasteiger charge is -2.32. The van der Waals surface area contributed by atoms with E-state index >= 15 is 0 Å². The lowest BCUT2D eigenvalue weighted by molar-refractivity contribution is 0.153. The first-order valence-electron chi connectivity index (χ1n) is 9.64. The van der Waals surface area contributed by atoms with Crippen LogP contribution in [0.3, 0.4) is 0 Å². The molecule has 2 aromatic carbocycles. The van der Waals surface area contributed by atoms with Crippen LogP contribution in [-0.2, 0) is 0 Å². The van der Waals surface area contributed by atoms with Crippen molar-refractivity contribution < 1.29 is 0 Å². The van der Waals surface area contributed by atoms with Crippen molar-refractivity contribution in [3.8, 4) is 0 Å². The minimum Gasteiger partial charge on any atom is -0.353 e. The number of fused-ring (bicyclic) bond motifs is 2. The summed E-state index contributed by atoms with van der Waals surface area (Å²) in [4.78, 5) is 10.1. The summed E-state index contributed by atoms with van der Waals surface area (Å²) in [6.45, 7) is 8.01. The van der Waals surface area contributed by atoms with E-state index in [1.165, 1.54) is 43.0 Å². The summed E-state index contributed by atoms with van der Waals surface area (Å²) < 4.78 is 0. The van der Waals surface area contributed by atoms with Crippen molar-refractivity contribution in [1.29, 1.82) is 0 Å². The maximum absolute atomic E-state index is 5.06. The maximum atomic E-state index is 5.06. The Hall–Kier alpha value is -2.17. The number of nitrogens with zero attached hydrogens (tertiary/aromatic N) is 3. The second-order valence-electron chi connectivity index (χ2n) is 7.50. The van der Waals surface area contributed by atoms with Gasteiger partial charge in [-0.2, -0.15) is 0 Å². The SMILES string of the molecule is Cc1ccc2c(c1)N=C(CCCN1CCN(C)CC1)c1ccccc1N2. The molecule has 0 saturated carbocycles. The molecule has 1 N–H and O–H groups in total. The van der Waals surface area contributed by atoms with E-state index in [0.29, 0.717) is 0 Å². The molecule has 4 rings (SSSR count). The molecule has 0 bridgehead atoms. The zero-order valence-corrected chi connectivity index (χ0v) is 15.8. The molecule has 1 fully saturated rings. The van der Waals surface area contributed by atoms with Crippen LogP contribution in [0.15, 0.2) is 47.5 Å². The van der Waals surface area contributed by atoms with E-state index in [-0.39, 0.29) is 0 Å². The fourth-order valence-electron chi connectivity index (χ4n) is 3.77. The van der Waals surface area contributed by atoms with Crippen LogP contribution in [0.25, 0.3) is 0 Å². The summed E-state index contributed by atoms with van der Waals surface area (Å²) in [5.41, 5.74) is 6.99. The first-order valence-corrected chi connectivity index (χ1v) is 9.64. The molecule has 0 unspecified atom stereocenters. The number of aryl methyl sites for hydroxylation is 1. The number of hydrogen-bond acceptors (Lipinski definition) is 4. The summed E-state index contributed by atoms with van der Waals surface area (Å²) >= 11 is 0. The smallest absolute Gasteiger partial charge is 0.0870 e. The van der Waals surface area contributed by atoms with Crippen LogP contribution in [0.4, 0.5) is 17.1 Å². The largest absolute Gasteiger partial charge is 0.353 e. The number of hydrogen-bond donors (Lipinski definition) is 1. The third kappa shape index (κ3) is 3.81. The quantitative estimate of drug-likeness (QED) is 0.898. The molecule has 0 atom stereocenters. The number of aliphatic imine (C=N–C) groups is 1. The van der Waals surface area contributed by atoms with Crippen LogP contribution in [0, 0.1) is 6.92 Å². The van der Waals surface area contributed by atoms with E-state index in [0.717, 1.165) is 36.4 Å². The normalized spacial score (nSPS) is 17.7. The summed E-state index contributed by atoms with van der Waals surface area (Å²) in [6, 6.07) is 15.0. The number of nitrogens with one attached hydrogen (secondary N) is 1. The van der Waals surface area contributed by atoms with Crippen molar-refractivity contribution in [2.45, 2.75) is 19.8 Å². The van der Waals surface area contributed by atoms with E-state index in [1.54, 1.807) is 0 Å². The third-order valence-electron chi connectivity index (χ3n) is 5.40. The van der Waals surface area contributed by atoms with E-state index in [2.05, 4.69) is 71.6 Å². The highest BCUT2D eigenvalue weighted by Gasteiger charge is 2.17. The Balaban J connectivity index is 1.53. The maximum Gasteiger partial charge on any atom is 0.0870 e. The standard InChI is InChI=1S/C22H28N4/c1-17-9-10-21-22(16-17)24-20(18-6-3-4-7-19(18)23-21)8-5-11-26-14-12-25(2)13-15-26/h3-4,6-7,9-10,16,23H,5,8,11-15H2,1-2H3. The molecular weight excluding hydrogens is 320 g/mol. The number of benzene rings is 2. The molecule has 0 radical (unpaired) electrons. The van der Waals surface area contributed by atoms with Crippen LogP contribution in [0.1, 0.15) is 24.0 Å². The molecule has 2 aliphatic rings. The molecule has 2 aromatic rings. The van der Waals surface area contributed by atoms with Crippen molar-refractivity contribution in [2.75, 3.05) is 45.1 Å². The van der Waals surface area contributed by atoms with Gasteiger partial charge in [0.1, 0.15) is 0 Å². The predicted octanol–water partition coefficient (Wildman–Crippen LogP) is 4.20. The van der Waals surface area contributed by atoms with Crippen molar-refractivity contribution in [3.63, 3.8) is 0 Å². The van der Waals surface area contributed by atoms with Crippen LogP contribution < -0.4 is 5.32 Å². The molecule has 4 heteroatoms. The van der Waals surface area contributed by atoms with Crippen molar-refractivity contribution in [1.82, 2.24) is 9.80 Å². The fraction of sp³-hybridized carbons (Fsp3) is 0.409. The zero-order chi connectivity index (χ0) is 17.9. The van der Waals surface area contributed by atoms with Gasteiger partial charge in [-0.15, -0.1) is 0 Å². The summed E-state index contributed by atoms with van der Waals surface area (Å²) in [5.74, 6) is 0. The number of para-hydroxylation sites is 1. The molecule has 136 valence electrons. The van der Waals surface area contributed by atoms with Gasteiger partial charge in [0.25, 0.3) is 0 Å². The Morgan fingerprint density at radius 1 is 1.00 bits per heavy atom. The zero-order valence-electron chi connectivity index (χ0n) is 15.8. The fourth-order valence-corrected chi connectivity index (χ4v) is 3.77. The van der Waals surface area contributed by atoms with E-state index in [1.807, 2.05) is 0 Å². The average molecular weight is 348 g/mol. The molecular formula is C22H28N4. The van der Waals surface area contributed by atoms with Crippen LogP contribution in [-0.4, -0.2) is 55.3 Å². The first kappa shape index (κ1) is 17.3. The van der Waals surface area contributed by atoms with Crippen LogP contribution in [0.2, 0.25) is 0 Å². The molecule has 2 aliphatic heterocycles. The molecule has 0 aliphatic carbocycles. The van der Waals surface area contributed by atoms with Gasteiger partial charge in [-0.3, -0.25) is 4.99 Å². The molecule has 0 amide bonds. The van der Waals surface area contributed by atoms with Gasteiger partial charge in [0.05, 0.1) is 17.1 Å². The molecule has 0 spiro atoms. The van der Waals surface area contributed by atoms with Gasteiger partial charge in [0, 0.05) is 37.4 Å². The number of likely N-dealkylation sites (N-methyl/N-ethyl adjacent to an activating group) is 1. The monoisotopic (exact) mass is 348 g/mol. The third-order valence-corrected chi connectivity index (χ3v) is 5.40. The first-order chi connectivity index (χ1) is 12.7. The summed E-state index contributed by atoms with van der Waals surface area (Å²) in [5, 5.41) is 3.57. The average Bonchev–Trinajstić information content (AvgIpc) is 2.80. The summed E-state index contributed by atoms with van der Waals surface area (Å²) in [6.07, 6.45) is 2.16. The Labute approximate surface area is 156 Å². The highest BCUT2D eigenvalue weighted by atomic mass is 15.2. The van der Waals surface area contributed by atoms with E-state index < -0.39 is 0 Å². The van der Waals surface area contributed by atoms with Crippen molar-refractivity contribution in [3.05, 3.63) is 53.6 Å². The van der Waals surface area contributed by atoms with E-state index in [9.17, 15) is 0 Å². The molecule has 4 nitrogen and oxygen atoms in total. The minimum atomic E-state index is 1.01. The number of anilines is 2. The number of piperazine rings is 1. The molecule has 2 heterocycles. The highest BCUT2D eigenvalue weighted by molar-refractivity contribution is 6.09. The van der Waals surface area contributed by atoms with Crippen LogP contribution >= 0.6 is 0 Å². The minimum absolute atomic E-state index is 1.01. The van der Waals surface area contributed by atoms with Gasteiger partial charge in [0.15, 0.2) is 0 Å². The second kappa shape index (κ2) is 7.60.